The number of hydrogen-bond acceptors (Lipinski definition) is 4. The third kappa shape index (κ3) is 5.33. The Morgan fingerprint density at radius 1 is 1.17 bits per heavy atom. The number of anilines is 1. The van der Waals surface area contributed by atoms with Crippen LogP contribution in [0.4, 0.5) is 5.69 Å². The molecular formula is C18H22N2O4. The lowest BCUT2D eigenvalue weighted by Gasteiger charge is -2.14. The van der Waals surface area contributed by atoms with Gasteiger partial charge in [0.25, 0.3) is 0 Å². The first kappa shape index (κ1) is 17.9. The van der Waals surface area contributed by atoms with E-state index < -0.39 is 12.0 Å². The first-order valence-corrected chi connectivity index (χ1v) is 7.84. The van der Waals surface area contributed by atoms with Gasteiger partial charge in [-0.3, -0.25) is 9.59 Å². The molecule has 0 bridgehead atoms. The number of benzene rings is 2. The van der Waals surface area contributed by atoms with Gasteiger partial charge in [-0.05, 0) is 35.9 Å². The molecular weight excluding hydrogens is 308 g/mol. The van der Waals surface area contributed by atoms with Gasteiger partial charge in [-0.2, -0.15) is 0 Å². The van der Waals surface area contributed by atoms with Crippen molar-refractivity contribution in [1.29, 1.82) is 0 Å². The van der Waals surface area contributed by atoms with Gasteiger partial charge < -0.3 is 20.5 Å². The van der Waals surface area contributed by atoms with Crippen LogP contribution in [0.3, 0.4) is 0 Å². The fourth-order valence-electron chi connectivity index (χ4n) is 2.40. The highest BCUT2D eigenvalue weighted by Gasteiger charge is 2.20. The van der Waals surface area contributed by atoms with Gasteiger partial charge in [0, 0.05) is 19.4 Å². The number of fused-ring (bicyclic) bond motifs is 1. The Kier molecular flexibility index (Phi) is 6.72. The largest absolute Gasteiger partial charge is 0.480 e. The normalized spacial score (nSPS) is 12.0. The number of rotatable bonds is 9. The van der Waals surface area contributed by atoms with Crippen LogP contribution in [0.15, 0.2) is 42.5 Å². The zero-order valence-corrected chi connectivity index (χ0v) is 13.6. The van der Waals surface area contributed by atoms with Crippen LogP contribution in [0.5, 0.6) is 0 Å². The van der Waals surface area contributed by atoms with Crippen molar-refractivity contribution in [3.63, 3.8) is 0 Å². The van der Waals surface area contributed by atoms with Crippen molar-refractivity contribution >= 4 is 28.3 Å². The summed E-state index contributed by atoms with van der Waals surface area (Å²) in [6.07, 6.45) is 0.557. The van der Waals surface area contributed by atoms with Gasteiger partial charge in [0.2, 0.25) is 5.91 Å². The lowest BCUT2D eigenvalue weighted by molar-refractivity contribution is -0.141. The molecule has 0 saturated heterocycles. The third-order valence-corrected chi connectivity index (χ3v) is 3.64. The molecule has 1 amide bonds. The van der Waals surface area contributed by atoms with E-state index in [1.165, 1.54) is 0 Å². The molecule has 2 aromatic rings. The molecule has 0 fully saturated rings. The van der Waals surface area contributed by atoms with E-state index in [0.29, 0.717) is 25.3 Å². The summed E-state index contributed by atoms with van der Waals surface area (Å²) in [5.74, 6) is -1.38. The number of methoxy groups -OCH3 is 1. The summed E-state index contributed by atoms with van der Waals surface area (Å²) >= 11 is 0. The van der Waals surface area contributed by atoms with Crippen LogP contribution >= 0.6 is 0 Å². The molecule has 0 spiro atoms. The van der Waals surface area contributed by atoms with Gasteiger partial charge in [-0.25, -0.2) is 0 Å². The summed E-state index contributed by atoms with van der Waals surface area (Å²) in [6.45, 7) is 1.02. The fraction of sp³-hybridized carbons (Fsp3) is 0.333. The third-order valence-electron chi connectivity index (χ3n) is 3.64. The number of aliphatic carboxylic acids is 1. The predicted molar refractivity (Wildman–Crippen MR) is 93.1 cm³/mol. The highest BCUT2D eigenvalue weighted by Crippen LogP contribution is 2.19. The van der Waals surface area contributed by atoms with Crippen molar-refractivity contribution in [2.45, 2.75) is 18.9 Å². The summed E-state index contributed by atoms with van der Waals surface area (Å²) < 4.78 is 4.91. The number of ether oxygens (including phenoxy) is 1. The zero-order chi connectivity index (χ0) is 17.4. The lowest BCUT2D eigenvalue weighted by Crippen LogP contribution is -2.40. The average molecular weight is 330 g/mol. The van der Waals surface area contributed by atoms with E-state index in [1.54, 1.807) is 7.11 Å². The minimum Gasteiger partial charge on any atom is -0.480 e. The van der Waals surface area contributed by atoms with E-state index in [9.17, 15) is 14.7 Å². The number of carbonyl (C=O) groups excluding carboxylic acids is 1. The minimum absolute atomic E-state index is 0.130. The van der Waals surface area contributed by atoms with Gasteiger partial charge >= 0.3 is 5.97 Å². The quantitative estimate of drug-likeness (QED) is 0.614. The number of carboxylic acids is 1. The van der Waals surface area contributed by atoms with Crippen molar-refractivity contribution in [1.82, 2.24) is 5.32 Å². The second kappa shape index (κ2) is 9.00. The Hall–Kier alpha value is -2.44. The van der Waals surface area contributed by atoms with Crippen LogP contribution in [-0.2, 0) is 14.3 Å². The molecule has 1 atom stereocenters. The van der Waals surface area contributed by atoms with Crippen LogP contribution in [0.1, 0.15) is 12.8 Å². The van der Waals surface area contributed by atoms with E-state index in [-0.39, 0.29) is 12.3 Å². The van der Waals surface area contributed by atoms with Gasteiger partial charge in [0.15, 0.2) is 0 Å². The maximum atomic E-state index is 12.1. The van der Waals surface area contributed by atoms with E-state index in [2.05, 4.69) is 10.6 Å². The second-order valence-electron chi connectivity index (χ2n) is 5.51. The molecule has 0 aromatic heterocycles. The molecule has 24 heavy (non-hydrogen) atoms. The van der Waals surface area contributed by atoms with Crippen molar-refractivity contribution in [3.8, 4) is 0 Å². The molecule has 3 N–H and O–H groups in total. The number of amides is 1. The molecule has 6 nitrogen and oxygen atoms in total. The monoisotopic (exact) mass is 330 g/mol. The fourth-order valence-corrected chi connectivity index (χ4v) is 2.40. The Bertz CT molecular complexity index is 702. The van der Waals surface area contributed by atoms with Gasteiger partial charge in [-0.15, -0.1) is 0 Å². The number of nitrogens with one attached hydrogen (secondary N) is 2. The minimum atomic E-state index is -1.04. The van der Waals surface area contributed by atoms with Crippen molar-refractivity contribution in [2.75, 3.05) is 25.6 Å². The molecule has 6 heteroatoms. The molecule has 0 aliphatic carbocycles. The summed E-state index contributed by atoms with van der Waals surface area (Å²) in [5, 5.41) is 16.9. The maximum Gasteiger partial charge on any atom is 0.321 e. The van der Waals surface area contributed by atoms with Crippen molar-refractivity contribution in [3.05, 3.63) is 42.5 Å². The Morgan fingerprint density at radius 3 is 2.62 bits per heavy atom. The van der Waals surface area contributed by atoms with E-state index in [4.69, 9.17) is 4.74 Å². The molecule has 0 radical (unpaired) electrons. The molecule has 0 heterocycles. The lowest BCUT2D eigenvalue weighted by atomic mass is 10.1. The smallest absolute Gasteiger partial charge is 0.321 e. The second-order valence-corrected chi connectivity index (χ2v) is 5.51. The van der Waals surface area contributed by atoms with Crippen molar-refractivity contribution < 1.29 is 19.4 Å². The summed E-state index contributed by atoms with van der Waals surface area (Å²) in [6, 6.07) is 12.5. The molecule has 2 rings (SSSR count). The van der Waals surface area contributed by atoms with Crippen LogP contribution < -0.4 is 10.6 Å². The summed E-state index contributed by atoms with van der Waals surface area (Å²) in [7, 11) is 1.59. The SMILES string of the molecule is COCCCNC(CC(=O)Nc1ccc2ccccc2c1)C(=O)O. The number of hydrogen-bond donors (Lipinski definition) is 3. The highest BCUT2D eigenvalue weighted by atomic mass is 16.5. The van der Waals surface area contributed by atoms with Crippen LogP contribution in [0.25, 0.3) is 10.8 Å². The van der Waals surface area contributed by atoms with Crippen LogP contribution in [0.2, 0.25) is 0 Å². The van der Waals surface area contributed by atoms with Crippen molar-refractivity contribution in [2.24, 2.45) is 0 Å². The van der Waals surface area contributed by atoms with Crippen LogP contribution in [-0.4, -0.2) is 43.3 Å². The van der Waals surface area contributed by atoms with Gasteiger partial charge in [0.05, 0.1) is 6.42 Å². The molecule has 128 valence electrons. The Balaban J connectivity index is 1.92. The summed E-state index contributed by atoms with van der Waals surface area (Å²) in [4.78, 5) is 23.4. The standard InChI is InChI=1S/C18H22N2O4/c1-24-10-4-9-19-16(18(22)23)12-17(21)20-15-8-7-13-5-2-3-6-14(13)11-15/h2-3,5-8,11,16,19H,4,9-10,12H2,1H3,(H,20,21)(H,22,23). The van der Waals surface area contributed by atoms with E-state index in [0.717, 1.165) is 10.8 Å². The first-order valence-electron chi connectivity index (χ1n) is 7.84. The Labute approximate surface area is 140 Å². The van der Waals surface area contributed by atoms with E-state index >= 15 is 0 Å². The number of carboxylic acid groups (broad SMARTS) is 1. The average Bonchev–Trinajstić information content (AvgIpc) is 2.57. The van der Waals surface area contributed by atoms with Gasteiger partial charge in [-0.1, -0.05) is 30.3 Å². The molecule has 0 aliphatic rings. The molecule has 0 saturated carbocycles. The van der Waals surface area contributed by atoms with Gasteiger partial charge in [0.1, 0.15) is 6.04 Å². The maximum absolute atomic E-state index is 12.1. The highest BCUT2D eigenvalue weighted by molar-refractivity contribution is 5.96. The topological polar surface area (TPSA) is 87.7 Å². The predicted octanol–water partition coefficient (Wildman–Crippen LogP) is 2.25. The van der Waals surface area contributed by atoms with E-state index in [1.807, 2.05) is 42.5 Å². The number of carbonyl (C=O) groups is 2. The molecule has 1 unspecified atom stereocenters. The molecule has 2 aromatic carbocycles. The molecule has 0 aliphatic heterocycles. The zero-order valence-electron chi connectivity index (χ0n) is 13.6. The Morgan fingerprint density at radius 2 is 1.92 bits per heavy atom. The first-order chi connectivity index (χ1) is 11.6. The summed E-state index contributed by atoms with van der Waals surface area (Å²) in [5.41, 5.74) is 0.655. The van der Waals surface area contributed by atoms with Crippen LogP contribution in [0, 0.1) is 0 Å².